The minimum Gasteiger partial charge on any atom is -0.368 e. The molecule has 3 rings (SSSR count). The number of aromatic nitrogens is 2. The fourth-order valence-corrected chi connectivity index (χ4v) is 2.65. The first-order valence-corrected chi connectivity index (χ1v) is 8.57. The Morgan fingerprint density at radius 2 is 2.22 bits per heavy atom. The van der Waals surface area contributed by atoms with Gasteiger partial charge in [-0.15, -0.1) is 0 Å². The zero-order valence-corrected chi connectivity index (χ0v) is 14.8. The molecule has 1 atom stereocenters. The van der Waals surface area contributed by atoms with Crippen LogP contribution in [0.1, 0.15) is 41.0 Å². The highest BCUT2D eigenvalue weighted by Gasteiger charge is 2.23. The summed E-state index contributed by atoms with van der Waals surface area (Å²) < 4.78 is 24.3. The Kier molecular flexibility index (Phi) is 5.97. The van der Waals surface area contributed by atoms with Crippen molar-refractivity contribution in [3.63, 3.8) is 0 Å². The molecule has 2 heterocycles. The Morgan fingerprint density at radius 3 is 2.96 bits per heavy atom. The van der Waals surface area contributed by atoms with Crippen LogP contribution in [0.3, 0.4) is 0 Å². The van der Waals surface area contributed by atoms with Crippen molar-refractivity contribution in [1.29, 1.82) is 0 Å². The Balaban J connectivity index is 1.48. The fourth-order valence-electron chi connectivity index (χ4n) is 2.65. The third-order valence-corrected chi connectivity index (χ3v) is 4.02. The number of rotatable bonds is 6. The molecule has 0 unspecified atom stereocenters. The van der Waals surface area contributed by atoms with Gasteiger partial charge in [-0.05, 0) is 31.0 Å². The summed E-state index contributed by atoms with van der Waals surface area (Å²) in [6, 6.07) is 3.26. The number of benzene rings is 1. The highest BCUT2D eigenvalue weighted by atomic mass is 19.1. The van der Waals surface area contributed by atoms with Crippen LogP contribution in [0.4, 0.5) is 14.9 Å². The molecule has 2 aromatic rings. The van der Waals surface area contributed by atoms with Crippen molar-refractivity contribution in [2.45, 2.75) is 25.4 Å². The fraction of sp³-hybridized carbons (Fsp3) is 0.412. The monoisotopic (exact) mass is 377 g/mol. The van der Waals surface area contributed by atoms with Gasteiger partial charge in [0.2, 0.25) is 0 Å². The summed E-state index contributed by atoms with van der Waals surface area (Å²) in [7, 11) is 1.40. The molecule has 3 amide bonds. The zero-order valence-electron chi connectivity index (χ0n) is 14.8. The van der Waals surface area contributed by atoms with E-state index in [9.17, 15) is 14.0 Å². The molecule has 0 bridgehead atoms. The Morgan fingerprint density at radius 1 is 1.37 bits per heavy atom. The van der Waals surface area contributed by atoms with Gasteiger partial charge in [0.25, 0.3) is 11.8 Å². The Hall–Kier alpha value is -3.01. The first kappa shape index (κ1) is 18.8. The standard InChI is InChI=1S/C17H20FN5O4/c1-19-15(24)11-9-10(4-5-12(11)18)21-17(25)20-7-6-14-22-16(27-23-14)13-3-2-8-26-13/h4-5,9,13H,2-3,6-8H2,1H3,(H,19,24)(H2,20,21,25)/t13-/m0/s1. The molecule has 1 aromatic carbocycles. The number of nitrogens with zero attached hydrogens (tertiary/aromatic N) is 2. The number of nitrogens with one attached hydrogen (secondary N) is 3. The second kappa shape index (κ2) is 8.58. The van der Waals surface area contributed by atoms with E-state index in [0.29, 0.717) is 30.4 Å². The number of carbonyl (C=O) groups excluding carboxylic acids is 2. The molecule has 1 fully saturated rings. The summed E-state index contributed by atoms with van der Waals surface area (Å²) in [5.41, 5.74) is 0.150. The molecule has 0 saturated carbocycles. The number of hydrogen-bond donors (Lipinski definition) is 3. The van der Waals surface area contributed by atoms with E-state index in [1.807, 2.05) is 0 Å². The van der Waals surface area contributed by atoms with E-state index in [0.717, 1.165) is 18.9 Å². The zero-order chi connectivity index (χ0) is 19.2. The number of ether oxygens (including phenoxy) is 1. The summed E-state index contributed by atoms with van der Waals surface area (Å²) in [5, 5.41) is 11.4. The lowest BCUT2D eigenvalue weighted by molar-refractivity contribution is 0.0835. The maximum Gasteiger partial charge on any atom is 0.319 e. The van der Waals surface area contributed by atoms with E-state index in [-0.39, 0.29) is 18.2 Å². The van der Waals surface area contributed by atoms with Gasteiger partial charge in [-0.1, -0.05) is 5.16 Å². The molecule has 27 heavy (non-hydrogen) atoms. The summed E-state index contributed by atoms with van der Waals surface area (Å²) in [4.78, 5) is 27.8. The SMILES string of the molecule is CNC(=O)c1cc(NC(=O)NCCc2noc([C@@H]3CCCO3)n2)ccc1F. The summed E-state index contributed by atoms with van der Waals surface area (Å²) in [5.74, 6) is -0.306. The topological polar surface area (TPSA) is 118 Å². The molecule has 1 aromatic heterocycles. The van der Waals surface area contributed by atoms with Crippen LogP contribution in [-0.4, -0.2) is 42.3 Å². The molecule has 1 aliphatic rings. The van der Waals surface area contributed by atoms with E-state index >= 15 is 0 Å². The average molecular weight is 377 g/mol. The van der Waals surface area contributed by atoms with Crippen LogP contribution in [0.15, 0.2) is 22.7 Å². The molecular weight excluding hydrogens is 357 g/mol. The minimum atomic E-state index is -0.667. The summed E-state index contributed by atoms with van der Waals surface area (Å²) in [6.07, 6.45) is 2.07. The molecule has 144 valence electrons. The predicted octanol–water partition coefficient (Wildman–Crippen LogP) is 1.78. The lowest BCUT2D eigenvalue weighted by Crippen LogP contribution is -2.30. The molecule has 1 aliphatic heterocycles. The molecule has 1 saturated heterocycles. The van der Waals surface area contributed by atoms with E-state index in [1.54, 1.807) is 0 Å². The molecule has 3 N–H and O–H groups in total. The highest BCUT2D eigenvalue weighted by Crippen LogP contribution is 2.26. The van der Waals surface area contributed by atoms with Crippen molar-refractivity contribution in [1.82, 2.24) is 20.8 Å². The summed E-state index contributed by atoms with van der Waals surface area (Å²) in [6.45, 7) is 0.967. The molecule has 0 aliphatic carbocycles. The van der Waals surface area contributed by atoms with Gasteiger partial charge >= 0.3 is 6.03 Å². The lowest BCUT2D eigenvalue weighted by Gasteiger charge is -2.09. The number of amides is 3. The minimum absolute atomic E-state index is 0.143. The second-order valence-electron chi connectivity index (χ2n) is 5.96. The number of halogens is 1. The van der Waals surface area contributed by atoms with Crippen molar-refractivity contribution < 1.29 is 23.2 Å². The van der Waals surface area contributed by atoms with Gasteiger partial charge in [0, 0.05) is 32.3 Å². The van der Waals surface area contributed by atoms with Crippen LogP contribution >= 0.6 is 0 Å². The second-order valence-corrected chi connectivity index (χ2v) is 5.96. The van der Waals surface area contributed by atoms with E-state index < -0.39 is 17.8 Å². The van der Waals surface area contributed by atoms with Gasteiger partial charge in [-0.25, -0.2) is 9.18 Å². The predicted molar refractivity (Wildman–Crippen MR) is 92.7 cm³/mol. The van der Waals surface area contributed by atoms with Gasteiger partial charge in [0.1, 0.15) is 11.9 Å². The maximum atomic E-state index is 13.6. The van der Waals surface area contributed by atoms with Crippen LogP contribution in [0.2, 0.25) is 0 Å². The number of hydrogen-bond acceptors (Lipinski definition) is 6. The molecule has 0 radical (unpaired) electrons. The van der Waals surface area contributed by atoms with E-state index in [2.05, 4.69) is 26.1 Å². The Labute approximate surface area is 154 Å². The summed E-state index contributed by atoms with van der Waals surface area (Å²) >= 11 is 0. The quantitative estimate of drug-likeness (QED) is 0.706. The van der Waals surface area contributed by atoms with Crippen LogP contribution in [0, 0.1) is 5.82 Å². The molecule has 0 spiro atoms. The number of urea groups is 1. The van der Waals surface area contributed by atoms with Crippen LogP contribution < -0.4 is 16.0 Å². The third-order valence-electron chi connectivity index (χ3n) is 4.02. The largest absolute Gasteiger partial charge is 0.368 e. The third kappa shape index (κ3) is 4.79. The molecular formula is C17H20FN5O4. The van der Waals surface area contributed by atoms with Crippen molar-refractivity contribution >= 4 is 17.6 Å². The van der Waals surface area contributed by atoms with Crippen LogP contribution in [0.25, 0.3) is 0 Å². The number of carbonyl (C=O) groups is 2. The van der Waals surface area contributed by atoms with Crippen molar-refractivity contribution in [3.8, 4) is 0 Å². The van der Waals surface area contributed by atoms with Gasteiger partial charge in [-0.3, -0.25) is 4.79 Å². The van der Waals surface area contributed by atoms with Gasteiger partial charge in [-0.2, -0.15) is 4.98 Å². The smallest absolute Gasteiger partial charge is 0.319 e. The van der Waals surface area contributed by atoms with Crippen LogP contribution in [-0.2, 0) is 11.2 Å². The first-order valence-electron chi connectivity index (χ1n) is 8.57. The molecule has 10 heteroatoms. The van der Waals surface area contributed by atoms with E-state index in [4.69, 9.17) is 9.26 Å². The molecule has 9 nitrogen and oxygen atoms in total. The van der Waals surface area contributed by atoms with Gasteiger partial charge < -0.3 is 25.2 Å². The first-order chi connectivity index (χ1) is 13.1. The average Bonchev–Trinajstić information content (AvgIpc) is 3.34. The van der Waals surface area contributed by atoms with Gasteiger partial charge in [0.05, 0.1) is 5.56 Å². The number of anilines is 1. The highest BCUT2D eigenvalue weighted by molar-refractivity contribution is 5.96. The van der Waals surface area contributed by atoms with Gasteiger partial charge in [0.15, 0.2) is 5.82 Å². The Bertz CT molecular complexity index is 819. The lowest BCUT2D eigenvalue weighted by atomic mass is 10.1. The van der Waals surface area contributed by atoms with Crippen molar-refractivity contribution in [3.05, 3.63) is 41.3 Å². The van der Waals surface area contributed by atoms with Crippen LogP contribution in [0.5, 0.6) is 0 Å². The maximum absolute atomic E-state index is 13.6. The van der Waals surface area contributed by atoms with Crippen molar-refractivity contribution in [2.75, 3.05) is 25.5 Å². The van der Waals surface area contributed by atoms with E-state index in [1.165, 1.54) is 19.2 Å². The normalized spacial score (nSPS) is 16.1. The van der Waals surface area contributed by atoms with Crippen molar-refractivity contribution in [2.24, 2.45) is 0 Å².